The van der Waals surface area contributed by atoms with Gasteiger partial charge in [-0.05, 0) is 0 Å². The molecule has 0 aromatic heterocycles. The SMILES string of the molecule is CCCCCCCCCc1ccc(P(OCC(CC)CCCC)(OCC(CC)CCCC)(OCC(CC)CCCC)[PH](O)(OC(C)C)OC(C)C)cc1. The molecule has 1 aromatic carbocycles. The summed E-state index contributed by atoms with van der Waals surface area (Å²) in [5, 5.41) is 0.774. The van der Waals surface area contributed by atoms with Gasteiger partial charge in [0.2, 0.25) is 0 Å². The number of hydrogen-bond donors (Lipinski definition) is 1. The molecule has 0 saturated heterocycles. The molecule has 1 aromatic rings. The Kier molecular flexibility index (Phi) is 27.1. The summed E-state index contributed by atoms with van der Waals surface area (Å²) in [7, 11) is -4.48. The van der Waals surface area contributed by atoms with Crippen molar-refractivity contribution in [2.45, 2.75) is 217 Å². The number of hydrogen-bond acceptors (Lipinski definition) is 6. The average Bonchev–Trinajstić information content (AvgIpc) is 3.13. The van der Waals surface area contributed by atoms with E-state index in [0.717, 1.165) is 88.8 Å². The van der Waals surface area contributed by atoms with E-state index < -0.39 is 14.6 Å². The van der Waals surface area contributed by atoms with Gasteiger partial charge >= 0.3 is 325 Å². The molecule has 0 spiro atoms. The Hall–Kier alpha value is -0.160. The molecule has 1 N–H and O–H groups in total. The zero-order chi connectivity index (χ0) is 39.6. The molecule has 8 heteroatoms. The summed E-state index contributed by atoms with van der Waals surface area (Å²) < 4.78 is 36.3. The molecule has 0 bridgehead atoms. The molecule has 1 rings (SSSR count). The molecule has 0 fully saturated rings. The number of rotatable bonds is 35. The van der Waals surface area contributed by atoms with Gasteiger partial charge in [0.1, 0.15) is 0 Å². The Bertz CT molecular complexity index is 956. The van der Waals surface area contributed by atoms with E-state index in [1.54, 1.807) is 0 Å². The van der Waals surface area contributed by atoms with E-state index >= 15 is 0 Å². The van der Waals surface area contributed by atoms with Gasteiger partial charge in [0.25, 0.3) is 0 Å². The van der Waals surface area contributed by atoms with Crippen LogP contribution in [0.2, 0.25) is 0 Å². The maximum absolute atomic E-state index is 13.6. The Morgan fingerprint density at radius 3 is 1.21 bits per heavy atom. The first-order valence-corrected chi connectivity index (χ1v) is 27.2. The number of unbranched alkanes of at least 4 members (excludes halogenated alkanes) is 9. The third-order valence-corrected chi connectivity index (χ3v) is 22.0. The zero-order valence-electron chi connectivity index (χ0n) is 36.9. The van der Waals surface area contributed by atoms with E-state index in [2.05, 4.69) is 72.7 Å². The predicted octanol–water partition coefficient (Wildman–Crippen LogP) is 14.9. The summed E-state index contributed by atoms with van der Waals surface area (Å²) in [6.07, 6.45) is 22.2. The van der Waals surface area contributed by atoms with Crippen molar-refractivity contribution in [2.75, 3.05) is 19.8 Å². The monoisotopic (exact) mass is 789 g/mol. The molecule has 3 unspecified atom stereocenters. The first-order chi connectivity index (χ1) is 25.4. The summed E-state index contributed by atoms with van der Waals surface area (Å²) in [4.78, 5) is 13.6. The van der Waals surface area contributed by atoms with Gasteiger partial charge in [0, 0.05) is 0 Å². The van der Waals surface area contributed by atoms with Crippen molar-refractivity contribution in [2.24, 2.45) is 17.8 Å². The molecule has 0 aliphatic heterocycles. The van der Waals surface area contributed by atoms with Crippen LogP contribution in [0.5, 0.6) is 0 Å². The molecule has 0 amide bonds. The van der Waals surface area contributed by atoms with Crippen LogP contribution in [0.4, 0.5) is 0 Å². The molecule has 0 saturated carbocycles. The van der Waals surface area contributed by atoms with Crippen molar-refractivity contribution in [3.8, 4) is 0 Å². The van der Waals surface area contributed by atoms with Crippen molar-refractivity contribution in [1.29, 1.82) is 0 Å². The van der Waals surface area contributed by atoms with E-state index in [1.165, 1.54) is 50.5 Å². The molecule has 53 heavy (non-hydrogen) atoms. The summed E-state index contributed by atoms with van der Waals surface area (Å²) in [5.74, 6) is 0.877. The fraction of sp³-hybridized carbons (Fsp3) is 0.867. The normalized spacial score (nSPS) is 15.5. The van der Waals surface area contributed by atoms with E-state index in [-0.39, 0.29) is 12.2 Å². The van der Waals surface area contributed by atoms with Gasteiger partial charge in [-0.15, -0.1) is 0 Å². The fourth-order valence-corrected chi connectivity index (χ4v) is 18.4. The van der Waals surface area contributed by atoms with Crippen LogP contribution in [0.15, 0.2) is 24.3 Å². The molecule has 6 nitrogen and oxygen atoms in total. The van der Waals surface area contributed by atoms with Crippen LogP contribution < -0.4 is 5.30 Å². The summed E-state index contributed by atoms with van der Waals surface area (Å²) in [6.45, 7) is 20.1. The van der Waals surface area contributed by atoms with E-state index in [9.17, 15) is 4.89 Å². The zero-order valence-corrected chi connectivity index (χ0v) is 38.8. The Morgan fingerprint density at radius 1 is 0.509 bits per heavy atom. The second kappa shape index (κ2) is 28.3. The van der Waals surface area contributed by atoms with E-state index in [1.807, 2.05) is 27.7 Å². The molecule has 3 atom stereocenters. The minimum absolute atomic E-state index is 0.292. The van der Waals surface area contributed by atoms with Crippen molar-refractivity contribution in [3.05, 3.63) is 29.8 Å². The standard InChI is InChI=1S/C45H90O6P2/c1-12-19-23-24-25-26-27-31-44-32-34-45(35-33-44)53(47-36-41(16-5)28-20-13-2,48-37-42(17-6)29-21-14-3,49-38-43(18-7)30-22-15-4)52(46,50-39(8)9)51-40(10)11/h32-35,39-43,46,52H,12-31,36-38H2,1-11H3. The third kappa shape index (κ3) is 16.7. The molecular weight excluding hydrogens is 698 g/mol. The van der Waals surface area contributed by atoms with Gasteiger partial charge in [-0.25, -0.2) is 0 Å². The summed E-state index contributed by atoms with van der Waals surface area (Å²) in [6, 6.07) is 8.74. The molecule has 0 heterocycles. The second-order valence-electron chi connectivity index (χ2n) is 16.4. The average molecular weight is 789 g/mol. The van der Waals surface area contributed by atoms with Gasteiger partial charge in [-0.3, -0.25) is 0 Å². The van der Waals surface area contributed by atoms with Crippen LogP contribution in [0, 0.1) is 17.8 Å². The molecule has 0 aliphatic rings. The Labute approximate surface area is 330 Å². The van der Waals surface area contributed by atoms with Crippen LogP contribution in [0.1, 0.15) is 204 Å². The first kappa shape index (κ1) is 50.9. The van der Waals surface area contributed by atoms with Gasteiger partial charge < -0.3 is 0 Å². The maximum atomic E-state index is 13.6. The number of aryl methyl sites for hydroxylation is 1. The van der Waals surface area contributed by atoms with Crippen LogP contribution >= 0.6 is 14.6 Å². The van der Waals surface area contributed by atoms with Crippen LogP contribution in [-0.2, 0) is 29.0 Å². The second-order valence-corrected chi connectivity index (χ2v) is 25.1. The summed E-state index contributed by atoms with van der Waals surface area (Å²) in [5.41, 5.74) is 1.29. The van der Waals surface area contributed by atoms with E-state index in [0.29, 0.717) is 37.6 Å². The molecule has 316 valence electrons. The van der Waals surface area contributed by atoms with Gasteiger partial charge in [0.15, 0.2) is 0 Å². The summed E-state index contributed by atoms with van der Waals surface area (Å²) >= 11 is 0. The van der Waals surface area contributed by atoms with E-state index in [4.69, 9.17) is 22.6 Å². The van der Waals surface area contributed by atoms with Crippen molar-refractivity contribution < 1.29 is 27.5 Å². The Morgan fingerprint density at radius 2 is 0.868 bits per heavy atom. The first-order valence-electron chi connectivity index (χ1n) is 22.6. The quantitative estimate of drug-likeness (QED) is 0.0546. The van der Waals surface area contributed by atoms with Crippen molar-refractivity contribution >= 4 is 19.9 Å². The number of benzene rings is 1. The third-order valence-electron chi connectivity index (χ3n) is 11.0. The van der Waals surface area contributed by atoms with Gasteiger partial charge in [-0.2, -0.15) is 0 Å². The molecular formula is C45H90O6P2. The van der Waals surface area contributed by atoms with Crippen molar-refractivity contribution in [3.63, 3.8) is 0 Å². The van der Waals surface area contributed by atoms with Crippen LogP contribution in [-0.4, -0.2) is 36.9 Å². The molecule has 0 radical (unpaired) electrons. The van der Waals surface area contributed by atoms with Crippen LogP contribution in [0.25, 0.3) is 0 Å². The molecule has 0 aliphatic carbocycles. The predicted molar refractivity (Wildman–Crippen MR) is 235 cm³/mol. The van der Waals surface area contributed by atoms with Crippen LogP contribution in [0.3, 0.4) is 0 Å². The Balaban J connectivity index is 4.09. The fourth-order valence-electron chi connectivity index (χ4n) is 7.19. The minimum atomic E-state index is -4.83. The van der Waals surface area contributed by atoms with Crippen molar-refractivity contribution in [1.82, 2.24) is 0 Å². The van der Waals surface area contributed by atoms with Gasteiger partial charge in [0.05, 0.1) is 0 Å². The topological polar surface area (TPSA) is 66.4 Å². The van der Waals surface area contributed by atoms with Gasteiger partial charge in [-0.1, -0.05) is 6.92 Å².